The summed E-state index contributed by atoms with van der Waals surface area (Å²) in [6.45, 7) is 4.24. The number of aliphatic carboxylic acids is 1. The van der Waals surface area contributed by atoms with Gasteiger partial charge in [-0.3, -0.25) is 9.59 Å². The van der Waals surface area contributed by atoms with Crippen LogP contribution in [0.2, 0.25) is 0 Å². The van der Waals surface area contributed by atoms with Gasteiger partial charge >= 0.3 is 5.97 Å². The van der Waals surface area contributed by atoms with Crippen molar-refractivity contribution in [3.05, 3.63) is 101 Å². The third-order valence-electron chi connectivity index (χ3n) is 5.31. The van der Waals surface area contributed by atoms with Gasteiger partial charge in [0.1, 0.15) is 12.4 Å². The lowest BCUT2D eigenvalue weighted by Gasteiger charge is -2.20. The van der Waals surface area contributed by atoms with Crippen LogP contribution in [0.4, 0.5) is 0 Å². The first kappa shape index (κ1) is 21.3. The maximum atomic E-state index is 13.5. The molecule has 154 valence electrons. The maximum absolute atomic E-state index is 13.5. The number of rotatable bonds is 9. The van der Waals surface area contributed by atoms with E-state index in [1.807, 2.05) is 80.6 Å². The second-order valence-corrected chi connectivity index (χ2v) is 7.41. The Morgan fingerprint density at radius 1 is 0.900 bits per heavy atom. The van der Waals surface area contributed by atoms with Crippen LogP contribution in [-0.4, -0.2) is 16.9 Å². The first-order valence-corrected chi connectivity index (χ1v) is 10.0. The van der Waals surface area contributed by atoms with Crippen molar-refractivity contribution in [3.63, 3.8) is 0 Å². The summed E-state index contributed by atoms with van der Waals surface area (Å²) in [6, 6.07) is 23.0. The smallest absolute Gasteiger partial charge is 0.303 e. The van der Waals surface area contributed by atoms with Gasteiger partial charge in [-0.25, -0.2) is 0 Å². The Bertz CT molecular complexity index is 1020. The van der Waals surface area contributed by atoms with E-state index in [2.05, 4.69) is 0 Å². The standard InChI is InChI=1S/C26H26O4/c1-18-9-6-7-12-21(18)23(15-16-25(27)28)26(29)22-13-8-14-24(19(22)2)30-17-20-10-4-3-5-11-20/h3-14,23H,15-17H2,1-2H3,(H,27,28). The fourth-order valence-electron chi connectivity index (χ4n) is 3.63. The van der Waals surface area contributed by atoms with Gasteiger partial charge in [-0.1, -0.05) is 66.7 Å². The Hall–Kier alpha value is -3.40. The van der Waals surface area contributed by atoms with Crippen molar-refractivity contribution < 1.29 is 19.4 Å². The zero-order chi connectivity index (χ0) is 21.5. The average Bonchev–Trinajstić information content (AvgIpc) is 2.74. The number of ketones is 1. The fraction of sp³-hybridized carbons (Fsp3) is 0.231. The van der Waals surface area contributed by atoms with Gasteiger partial charge in [-0.05, 0) is 43.0 Å². The Labute approximate surface area is 177 Å². The molecule has 3 aromatic rings. The molecule has 30 heavy (non-hydrogen) atoms. The number of ether oxygens (including phenoxy) is 1. The highest BCUT2D eigenvalue weighted by Gasteiger charge is 2.26. The summed E-state index contributed by atoms with van der Waals surface area (Å²) < 4.78 is 5.97. The number of carboxylic acid groups (broad SMARTS) is 1. The molecule has 1 N–H and O–H groups in total. The van der Waals surface area contributed by atoms with Crippen molar-refractivity contribution in [1.82, 2.24) is 0 Å². The van der Waals surface area contributed by atoms with Crippen molar-refractivity contribution in [2.24, 2.45) is 0 Å². The summed E-state index contributed by atoms with van der Waals surface area (Å²) >= 11 is 0. The second kappa shape index (κ2) is 9.88. The zero-order valence-electron chi connectivity index (χ0n) is 17.3. The molecule has 0 spiro atoms. The zero-order valence-corrected chi connectivity index (χ0v) is 17.3. The quantitative estimate of drug-likeness (QED) is 0.465. The minimum Gasteiger partial charge on any atom is -0.489 e. The van der Waals surface area contributed by atoms with Gasteiger partial charge in [0.15, 0.2) is 5.78 Å². The van der Waals surface area contributed by atoms with Crippen molar-refractivity contribution >= 4 is 11.8 Å². The van der Waals surface area contributed by atoms with Crippen LogP contribution in [0.3, 0.4) is 0 Å². The number of benzene rings is 3. The average molecular weight is 402 g/mol. The van der Waals surface area contributed by atoms with E-state index in [1.165, 1.54) is 0 Å². The van der Waals surface area contributed by atoms with E-state index in [1.54, 1.807) is 6.07 Å². The van der Waals surface area contributed by atoms with E-state index in [0.29, 0.717) is 17.9 Å². The first-order valence-electron chi connectivity index (χ1n) is 10.0. The Balaban J connectivity index is 1.88. The molecule has 0 aliphatic carbocycles. The first-order chi connectivity index (χ1) is 14.5. The van der Waals surface area contributed by atoms with Crippen LogP contribution in [0.25, 0.3) is 0 Å². The van der Waals surface area contributed by atoms with Gasteiger partial charge in [0.25, 0.3) is 0 Å². The molecule has 0 fully saturated rings. The van der Waals surface area contributed by atoms with E-state index in [9.17, 15) is 14.7 Å². The lowest BCUT2D eigenvalue weighted by Crippen LogP contribution is -2.17. The summed E-state index contributed by atoms with van der Waals surface area (Å²) in [5.41, 5.74) is 4.24. The van der Waals surface area contributed by atoms with Crippen LogP contribution >= 0.6 is 0 Å². The van der Waals surface area contributed by atoms with Gasteiger partial charge in [-0.15, -0.1) is 0 Å². The predicted octanol–water partition coefficient (Wildman–Crippen LogP) is 5.71. The summed E-state index contributed by atoms with van der Waals surface area (Å²) in [6.07, 6.45) is 0.196. The minimum absolute atomic E-state index is 0.0615. The lowest BCUT2D eigenvalue weighted by molar-refractivity contribution is -0.137. The third kappa shape index (κ3) is 5.15. The largest absolute Gasteiger partial charge is 0.489 e. The minimum atomic E-state index is -0.905. The Morgan fingerprint density at radius 2 is 1.60 bits per heavy atom. The summed E-state index contributed by atoms with van der Waals surface area (Å²) in [4.78, 5) is 24.7. The fourth-order valence-corrected chi connectivity index (χ4v) is 3.63. The number of carboxylic acids is 1. The molecule has 0 aliphatic heterocycles. The van der Waals surface area contributed by atoms with Crippen LogP contribution in [-0.2, 0) is 11.4 Å². The molecule has 0 radical (unpaired) electrons. The monoisotopic (exact) mass is 402 g/mol. The van der Waals surface area contributed by atoms with E-state index in [-0.39, 0.29) is 18.6 Å². The number of hydrogen-bond acceptors (Lipinski definition) is 3. The van der Waals surface area contributed by atoms with E-state index < -0.39 is 11.9 Å². The summed E-state index contributed by atoms with van der Waals surface area (Å²) in [5.74, 6) is -0.830. The lowest BCUT2D eigenvalue weighted by atomic mass is 9.83. The van der Waals surface area contributed by atoms with E-state index in [4.69, 9.17) is 4.74 Å². The normalized spacial score (nSPS) is 11.7. The highest BCUT2D eigenvalue weighted by molar-refractivity contribution is 6.03. The molecule has 0 saturated carbocycles. The molecule has 1 atom stereocenters. The van der Waals surface area contributed by atoms with Crippen molar-refractivity contribution in [1.29, 1.82) is 0 Å². The number of aryl methyl sites for hydroxylation is 1. The Morgan fingerprint density at radius 3 is 2.30 bits per heavy atom. The predicted molar refractivity (Wildman–Crippen MR) is 117 cm³/mol. The Kier molecular flexibility index (Phi) is 7.02. The maximum Gasteiger partial charge on any atom is 0.303 e. The van der Waals surface area contributed by atoms with Gasteiger partial charge in [0.2, 0.25) is 0 Å². The molecule has 0 heterocycles. The van der Waals surface area contributed by atoms with Crippen LogP contribution in [0, 0.1) is 13.8 Å². The van der Waals surface area contributed by atoms with Gasteiger partial charge in [-0.2, -0.15) is 0 Å². The van der Waals surface area contributed by atoms with Crippen molar-refractivity contribution in [3.8, 4) is 5.75 Å². The highest BCUT2D eigenvalue weighted by Crippen LogP contribution is 2.32. The van der Waals surface area contributed by atoms with Crippen molar-refractivity contribution in [2.75, 3.05) is 0 Å². The van der Waals surface area contributed by atoms with E-state index in [0.717, 1.165) is 22.3 Å². The molecule has 3 rings (SSSR count). The van der Waals surface area contributed by atoms with Gasteiger partial charge < -0.3 is 9.84 Å². The molecule has 0 aromatic heterocycles. The number of hydrogen-bond donors (Lipinski definition) is 1. The van der Waals surface area contributed by atoms with Gasteiger partial charge in [0.05, 0.1) is 0 Å². The summed E-state index contributed by atoms with van der Waals surface area (Å²) in [7, 11) is 0. The summed E-state index contributed by atoms with van der Waals surface area (Å²) in [5, 5.41) is 9.18. The molecule has 0 amide bonds. The number of carbonyl (C=O) groups excluding carboxylic acids is 1. The topological polar surface area (TPSA) is 63.6 Å². The number of Topliss-reactive ketones (excluding diaryl/α,β-unsaturated/α-hetero) is 1. The van der Waals surface area contributed by atoms with Gasteiger partial charge in [0, 0.05) is 23.5 Å². The van der Waals surface area contributed by atoms with Crippen LogP contribution in [0.5, 0.6) is 5.75 Å². The number of carbonyl (C=O) groups is 2. The van der Waals surface area contributed by atoms with E-state index >= 15 is 0 Å². The molecular weight excluding hydrogens is 376 g/mol. The second-order valence-electron chi connectivity index (χ2n) is 7.41. The van der Waals surface area contributed by atoms with Crippen LogP contribution < -0.4 is 4.74 Å². The SMILES string of the molecule is Cc1ccccc1C(CCC(=O)O)C(=O)c1cccc(OCc2ccccc2)c1C. The third-order valence-corrected chi connectivity index (χ3v) is 5.31. The van der Waals surface area contributed by atoms with Crippen LogP contribution in [0.1, 0.15) is 51.4 Å². The molecule has 4 heteroatoms. The highest BCUT2D eigenvalue weighted by atomic mass is 16.5. The molecule has 3 aromatic carbocycles. The molecule has 0 saturated heterocycles. The molecular formula is C26H26O4. The molecule has 0 bridgehead atoms. The van der Waals surface area contributed by atoms with Crippen molar-refractivity contribution in [2.45, 2.75) is 39.2 Å². The molecule has 4 nitrogen and oxygen atoms in total. The molecule has 1 unspecified atom stereocenters. The molecule has 0 aliphatic rings. The van der Waals surface area contributed by atoms with Crippen LogP contribution in [0.15, 0.2) is 72.8 Å².